The summed E-state index contributed by atoms with van der Waals surface area (Å²) in [5, 5.41) is 0. The molecular formula is C11H21NO2. The van der Waals surface area contributed by atoms with Crippen LogP contribution in [0.4, 0.5) is 4.79 Å². The molecule has 0 bridgehead atoms. The van der Waals surface area contributed by atoms with Gasteiger partial charge in [-0.15, -0.1) is 6.58 Å². The van der Waals surface area contributed by atoms with Gasteiger partial charge >= 0.3 is 6.09 Å². The monoisotopic (exact) mass is 199 g/mol. The van der Waals surface area contributed by atoms with E-state index in [1.165, 1.54) is 0 Å². The fraction of sp³-hybridized carbons (Fsp3) is 0.727. The van der Waals surface area contributed by atoms with Gasteiger partial charge in [0.25, 0.3) is 0 Å². The predicted molar refractivity (Wildman–Crippen MR) is 58.3 cm³/mol. The van der Waals surface area contributed by atoms with E-state index in [1.54, 1.807) is 11.9 Å². The lowest BCUT2D eigenvalue weighted by molar-refractivity contribution is 0.0301. The quantitative estimate of drug-likeness (QED) is 0.654. The van der Waals surface area contributed by atoms with Crippen molar-refractivity contribution in [3.63, 3.8) is 0 Å². The number of rotatable bonds is 3. The summed E-state index contributed by atoms with van der Waals surface area (Å²) >= 11 is 0. The summed E-state index contributed by atoms with van der Waals surface area (Å²) < 4.78 is 5.19. The van der Waals surface area contributed by atoms with Crippen LogP contribution in [0.3, 0.4) is 0 Å². The van der Waals surface area contributed by atoms with E-state index in [2.05, 4.69) is 6.58 Å². The van der Waals surface area contributed by atoms with E-state index >= 15 is 0 Å². The Kier molecular flexibility index (Phi) is 4.68. The molecular weight excluding hydrogens is 178 g/mol. The Labute approximate surface area is 86.7 Å². The minimum absolute atomic E-state index is 0.279. The Hall–Kier alpha value is -0.990. The molecule has 0 aliphatic heterocycles. The van der Waals surface area contributed by atoms with Gasteiger partial charge < -0.3 is 9.64 Å². The summed E-state index contributed by atoms with van der Waals surface area (Å²) in [6.07, 6.45) is 0.536. The van der Waals surface area contributed by atoms with Crippen LogP contribution in [0.15, 0.2) is 12.2 Å². The third-order valence-electron chi connectivity index (χ3n) is 1.58. The number of amides is 1. The van der Waals surface area contributed by atoms with Crippen molar-refractivity contribution in [3.05, 3.63) is 12.2 Å². The van der Waals surface area contributed by atoms with E-state index in [9.17, 15) is 4.79 Å². The molecule has 0 aliphatic carbocycles. The highest BCUT2D eigenvalue weighted by Gasteiger charge is 2.18. The van der Waals surface area contributed by atoms with E-state index in [4.69, 9.17) is 4.74 Å². The highest BCUT2D eigenvalue weighted by Crippen LogP contribution is 2.09. The molecule has 1 amide bonds. The van der Waals surface area contributed by atoms with Crippen LogP contribution in [0.5, 0.6) is 0 Å². The molecule has 0 aliphatic rings. The van der Waals surface area contributed by atoms with Crippen molar-refractivity contribution < 1.29 is 9.53 Å². The van der Waals surface area contributed by atoms with E-state index in [-0.39, 0.29) is 6.09 Å². The maximum absolute atomic E-state index is 11.4. The van der Waals surface area contributed by atoms with Crippen molar-refractivity contribution in [2.24, 2.45) is 0 Å². The smallest absolute Gasteiger partial charge is 0.410 e. The maximum Gasteiger partial charge on any atom is 0.410 e. The Morgan fingerprint density at radius 2 is 1.93 bits per heavy atom. The number of carbonyl (C=O) groups is 1. The fourth-order valence-electron chi connectivity index (χ4n) is 0.790. The molecule has 82 valence electrons. The summed E-state index contributed by atoms with van der Waals surface area (Å²) in [5.74, 6) is 0. The van der Waals surface area contributed by atoms with Crippen LogP contribution in [0.25, 0.3) is 0 Å². The summed E-state index contributed by atoms with van der Waals surface area (Å²) in [4.78, 5) is 13.0. The number of hydrogen-bond donors (Lipinski definition) is 0. The molecule has 0 N–H and O–H groups in total. The second-order valence-corrected chi connectivity index (χ2v) is 4.61. The number of ether oxygens (including phenoxy) is 1. The number of hydrogen-bond acceptors (Lipinski definition) is 2. The van der Waals surface area contributed by atoms with E-state index in [0.717, 1.165) is 12.0 Å². The first-order valence-corrected chi connectivity index (χ1v) is 4.81. The van der Waals surface area contributed by atoms with Crippen molar-refractivity contribution in [2.45, 2.75) is 39.7 Å². The van der Waals surface area contributed by atoms with Gasteiger partial charge in [0, 0.05) is 13.6 Å². The SMILES string of the molecule is C=C(C)CCN(C)C(=O)OC(C)(C)C. The lowest BCUT2D eigenvalue weighted by Crippen LogP contribution is -2.34. The molecule has 0 atom stereocenters. The van der Waals surface area contributed by atoms with Crippen LogP contribution in [0, 0.1) is 0 Å². The topological polar surface area (TPSA) is 29.5 Å². The van der Waals surface area contributed by atoms with Gasteiger partial charge in [-0.1, -0.05) is 5.57 Å². The zero-order valence-corrected chi connectivity index (χ0v) is 9.89. The largest absolute Gasteiger partial charge is 0.444 e. The third-order valence-corrected chi connectivity index (χ3v) is 1.58. The van der Waals surface area contributed by atoms with Crippen molar-refractivity contribution in [1.82, 2.24) is 4.90 Å². The average Bonchev–Trinajstić information content (AvgIpc) is 1.96. The Balaban J connectivity index is 3.94. The first kappa shape index (κ1) is 13.0. The summed E-state index contributed by atoms with van der Waals surface area (Å²) in [7, 11) is 1.73. The lowest BCUT2D eigenvalue weighted by atomic mass is 10.2. The zero-order chi connectivity index (χ0) is 11.4. The Morgan fingerprint density at radius 3 is 2.29 bits per heavy atom. The van der Waals surface area contributed by atoms with Gasteiger partial charge in [-0.05, 0) is 34.1 Å². The van der Waals surface area contributed by atoms with Crippen LogP contribution >= 0.6 is 0 Å². The molecule has 0 spiro atoms. The molecule has 0 fully saturated rings. The Morgan fingerprint density at radius 1 is 1.43 bits per heavy atom. The number of carbonyl (C=O) groups excluding carboxylic acids is 1. The van der Waals surface area contributed by atoms with Crippen LogP contribution < -0.4 is 0 Å². The van der Waals surface area contributed by atoms with Crippen molar-refractivity contribution in [1.29, 1.82) is 0 Å². The summed E-state index contributed by atoms with van der Waals surface area (Å²) in [5.41, 5.74) is 0.648. The third kappa shape index (κ3) is 6.52. The number of nitrogens with zero attached hydrogens (tertiary/aromatic N) is 1. The maximum atomic E-state index is 11.4. The zero-order valence-electron chi connectivity index (χ0n) is 9.89. The van der Waals surface area contributed by atoms with Crippen molar-refractivity contribution in [3.8, 4) is 0 Å². The highest BCUT2D eigenvalue weighted by atomic mass is 16.6. The molecule has 3 heteroatoms. The molecule has 0 saturated carbocycles. The predicted octanol–water partition coefficient (Wildman–Crippen LogP) is 2.82. The normalized spacial score (nSPS) is 10.9. The van der Waals surface area contributed by atoms with Gasteiger partial charge in [-0.3, -0.25) is 0 Å². The van der Waals surface area contributed by atoms with E-state index < -0.39 is 5.60 Å². The van der Waals surface area contributed by atoms with Crippen LogP contribution in [-0.4, -0.2) is 30.2 Å². The molecule has 0 radical (unpaired) electrons. The second-order valence-electron chi connectivity index (χ2n) is 4.61. The first-order chi connectivity index (χ1) is 6.22. The van der Waals surface area contributed by atoms with Gasteiger partial charge in [0.1, 0.15) is 5.60 Å². The molecule has 0 unspecified atom stereocenters. The van der Waals surface area contributed by atoms with Gasteiger partial charge in [0.2, 0.25) is 0 Å². The average molecular weight is 199 g/mol. The van der Waals surface area contributed by atoms with Crippen molar-refractivity contribution in [2.75, 3.05) is 13.6 Å². The molecule has 0 heterocycles. The Bertz CT molecular complexity index is 216. The molecule has 0 rings (SSSR count). The molecule has 0 aromatic rings. The van der Waals surface area contributed by atoms with Gasteiger partial charge in [-0.25, -0.2) is 4.79 Å². The second kappa shape index (κ2) is 5.03. The molecule has 0 aromatic heterocycles. The van der Waals surface area contributed by atoms with Crippen molar-refractivity contribution >= 4 is 6.09 Å². The fourth-order valence-corrected chi connectivity index (χ4v) is 0.790. The molecule has 3 nitrogen and oxygen atoms in total. The summed E-state index contributed by atoms with van der Waals surface area (Å²) in [6.45, 7) is 12.0. The van der Waals surface area contributed by atoms with Crippen LogP contribution in [0.1, 0.15) is 34.1 Å². The standard InChI is InChI=1S/C11H21NO2/c1-9(2)7-8-12(6)10(13)14-11(3,4)5/h1,7-8H2,2-6H3. The van der Waals surface area contributed by atoms with E-state index in [0.29, 0.717) is 6.54 Å². The first-order valence-electron chi connectivity index (χ1n) is 4.81. The van der Waals surface area contributed by atoms with Crippen LogP contribution in [-0.2, 0) is 4.74 Å². The minimum Gasteiger partial charge on any atom is -0.444 e. The minimum atomic E-state index is -0.422. The molecule has 14 heavy (non-hydrogen) atoms. The van der Waals surface area contributed by atoms with Crippen LogP contribution in [0.2, 0.25) is 0 Å². The van der Waals surface area contributed by atoms with Gasteiger partial charge in [-0.2, -0.15) is 0 Å². The van der Waals surface area contributed by atoms with E-state index in [1.807, 2.05) is 27.7 Å². The van der Waals surface area contributed by atoms with Gasteiger partial charge in [0.05, 0.1) is 0 Å². The summed E-state index contributed by atoms with van der Waals surface area (Å²) in [6, 6.07) is 0. The highest BCUT2D eigenvalue weighted by molar-refractivity contribution is 5.67. The molecule has 0 saturated heterocycles. The van der Waals surface area contributed by atoms with Gasteiger partial charge in [0.15, 0.2) is 0 Å². The molecule has 0 aromatic carbocycles. The lowest BCUT2D eigenvalue weighted by Gasteiger charge is -2.24.